The lowest BCUT2D eigenvalue weighted by Gasteiger charge is -2.26. The first-order chi connectivity index (χ1) is 8.97. The topological polar surface area (TPSA) is 66.4 Å². The minimum atomic E-state index is -1.19. The Morgan fingerprint density at radius 2 is 2.00 bits per heavy atom. The summed E-state index contributed by atoms with van der Waals surface area (Å²) >= 11 is 1.37. The van der Waals surface area contributed by atoms with E-state index in [-0.39, 0.29) is 6.42 Å². The average Bonchev–Trinajstić information content (AvgIpc) is 2.37. The van der Waals surface area contributed by atoms with Gasteiger partial charge >= 0.3 is 0 Å². The van der Waals surface area contributed by atoms with Crippen molar-refractivity contribution in [1.29, 1.82) is 0 Å². The van der Waals surface area contributed by atoms with Gasteiger partial charge in [0.05, 0.1) is 0 Å². The number of hydrogen-bond donors (Lipinski definition) is 0. The summed E-state index contributed by atoms with van der Waals surface area (Å²) in [5.41, 5.74) is -0.208. The lowest BCUT2D eigenvalue weighted by Crippen LogP contribution is -2.27. The zero-order valence-electron chi connectivity index (χ0n) is 12.1. The Kier molecular flexibility index (Phi) is 9.74. The molecule has 0 spiro atoms. The van der Waals surface area contributed by atoms with Crippen LogP contribution in [0.2, 0.25) is 0 Å². The molecule has 0 bridgehead atoms. The van der Waals surface area contributed by atoms with Crippen molar-refractivity contribution in [3.63, 3.8) is 0 Å². The van der Waals surface area contributed by atoms with Gasteiger partial charge in [0, 0.05) is 12.4 Å². The van der Waals surface area contributed by atoms with Gasteiger partial charge in [-0.3, -0.25) is 4.79 Å². The molecular weight excluding hydrogens is 264 g/mol. The second-order valence-electron chi connectivity index (χ2n) is 5.08. The number of ether oxygens (including phenoxy) is 1. The van der Waals surface area contributed by atoms with Gasteiger partial charge in [-0.05, 0) is 24.0 Å². The highest BCUT2D eigenvalue weighted by atomic mass is 32.2. The predicted octanol–water partition coefficient (Wildman–Crippen LogP) is 2.36. The molecule has 0 aliphatic carbocycles. The number of carbonyl (C=O) groups is 2. The summed E-state index contributed by atoms with van der Waals surface area (Å²) in [6, 6.07) is 0. The molecule has 112 valence electrons. The van der Waals surface area contributed by atoms with Crippen LogP contribution in [0.3, 0.4) is 0 Å². The quantitative estimate of drug-likeness (QED) is 0.313. The minimum absolute atomic E-state index is 0.245. The molecule has 0 fully saturated rings. The third-order valence-electron chi connectivity index (χ3n) is 3.73. The van der Waals surface area contributed by atoms with Crippen molar-refractivity contribution >= 4 is 24.2 Å². The Bertz CT molecular complexity index is 264. The van der Waals surface area contributed by atoms with Gasteiger partial charge in [-0.1, -0.05) is 40.0 Å². The molecule has 0 amide bonds. The van der Waals surface area contributed by atoms with Crippen LogP contribution in [-0.2, 0) is 14.3 Å². The van der Waals surface area contributed by atoms with Crippen LogP contribution in [0.5, 0.6) is 0 Å². The van der Waals surface area contributed by atoms with E-state index < -0.39 is 11.4 Å². The average molecular weight is 289 g/mol. The van der Waals surface area contributed by atoms with E-state index in [1.165, 1.54) is 31.0 Å². The molecule has 0 saturated heterocycles. The van der Waals surface area contributed by atoms with Crippen molar-refractivity contribution in [1.82, 2.24) is 0 Å². The first-order valence-corrected chi connectivity index (χ1v) is 7.93. The molecule has 0 N–H and O–H groups in total. The van der Waals surface area contributed by atoms with Gasteiger partial charge in [0.2, 0.25) is 0 Å². The third kappa shape index (κ3) is 8.92. The molecule has 4 nitrogen and oxygen atoms in total. The molecule has 0 aliphatic heterocycles. The van der Waals surface area contributed by atoms with Crippen LogP contribution in [0, 0.1) is 5.41 Å². The van der Waals surface area contributed by atoms with Gasteiger partial charge in [0.1, 0.15) is 0 Å². The normalized spacial score (nSPS) is 13.0. The van der Waals surface area contributed by atoms with E-state index in [1.54, 1.807) is 0 Å². The molecule has 0 aromatic rings. The zero-order valence-corrected chi connectivity index (χ0v) is 13.0. The van der Waals surface area contributed by atoms with Gasteiger partial charge < -0.3 is 14.6 Å². The van der Waals surface area contributed by atoms with Gasteiger partial charge in [-0.15, -0.1) is 11.8 Å². The largest absolute Gasteiger partial charge is 0.550 e. The molecule has 0 aromatic carbocycles. The smallest absolute Gasteiger partial charge is 0.294 e. The summed E-state index contributed by atoms with van der Waals surface area (Å²) < 4.78 is 4.70. The van der Waals surface area contributed by atoms with E-state index in [0.29, 0.717) is 11.9 Å². The summed E-state index contributed by atoms with van der Waals surface area (Å²) in [6.45, 7) is 7.03. The van der Waals surface area contributed by atoms with Gasteiger partial charge in [0.25, 0.3) is 6.47 Å². The molecule has 5 heteroatoms. The molecule has 1 unspecified atom stereocenters. The maximum Gasteiger partial charge on any atom is 0.294 e. The van der Waals surface area contributed by atoms with E-state index in [2.05, 4.69) is 20.8 Å². The van der Waals surface area contributed by atoms with Crippen LogP contribution in [0.4, 0.5) is 0 Å². The second-order valence-corrected chi connectivity index (χ2v) is 6.35. The SMILES string of the molecule is CCC(C)(CC)CCCCSC(CC(=O)[O-])OC=O. The summed E-state index contributed by atoms with van der Waals surface area (Å²) in [5, 5.41) is 10.5. The standard InChI is InChI=1S/C14H26O4S/c1-4-14(3,5-2)8-6-7-9-19-13(18-11-15)10-12(16)17/h11,13H,4-10H2,1-3H3,(H,16,17)/p-1. The summed E-state index contributed by atoms with van der Waals surface area (Å²) in [7, 11) is 0. The number of unbranched alkanes of at least 4 members (excludes halogenated alkanes) is 1. The maximum atomic E-state index is 10.5. The summed E-state index contributed by atoms with van der Waals surface area (Å²) in [6.07, 6.45) is 5.41. The molecule has 0 aliphatic rings. The lowest BCUT2D eigenvalue weighted by atomic mass is 9.80. The highest BCUT2D eigenvalue weighted by Crippen LogP contribution is 2.32. The number of carbonyl (C=O) groups excluding carboxylic acids is 2. The third-order valence-corrected chi connectivity index (χ3v) is 4.90. The Morgan fingerprint density at radius 1 is 1.37 bits per heavy atom. The summed E-state index contributed by atoms with van der Waals surface area (Å²) in [4.78, 5) is 20.7. The van der Waals surface area contributed by atoms with E-state index >= 15 is 0 Å². The fourth-order valence-electron chi connectivity index (χ4n) is 1.82. The van der Waals surface area contributed by atoms with Crippen molar-refractivity contribution < 1.29 is 19.4 Å². The predicted molar refractivity (Wildman–Crippen MR) is 75.6 cm³/mol. The number of rotatable bonds is 12. The van der Waals surface area contributed by atoms with E-state index in [9.17, 15) is 14.7 Å². The maximum absolute atomic E-state index is 10.5. The van der Waals surface area contributed by atoms with E-state index in [0.717, 1.165) is 18.6 Å². The number of hydrogen-bond acceptors (Lipinski definition) is 5. The van der Waals surface area contributed by atoms with Gasteiger partial charge in [0.15, 0.2) is 5.44 Å². The molecular formula is C14H25O4S-. The molecule has 0 radical (unpaired) electrons. The summed E-state index contributed by atoms with van der Waals surface area (Å²) in [5.74, 6) is -0.390. The zero-order chi connectivity index (χ0) is 14.7. The molecule has 0 saturated carbocycles. The van der Waals surface area contributed by atoms with Gasteiger partial charge in [-0.25, -0.2) is 0 Å². The molecule has 0 rings (SSSR count). The first-order valence-electron chi connectivity index (χ1n) is 6.88. The van der Waals surface area contributed by atoms with Crippen molar-refractivity contribution in [2.24, 2.45) is 5.41 Å². The van der Waals surface area contributed by atoms with Crippen molar-refractivity contribution in [2.75, 3.05) is 5.75 Å². The lowest BCUT2D eigenvalue weighted by molar-refractivity contribution is -0.306. The Morgan fingerprint density at radius 3 is 2.47 bits per heavy atom. The number of aliphatic carboxylic acids is 1. The van der Waals surface area contributed by atoms with E-state index in [4.69, 9.17) is 4.74 Å². The Labute approximate surface area is 120 Å². The highest BCUT2D eigenvalue weighted by molar-refractivity contribution is 7.99. The van der Waals surface area contributed by atoms with Crippen LogP contribution in [0.1, 0.15) is 59.3 Å². The Balaban J connectivity index is 3.81. The number of carboxylic acids is 1. The van der Waals surface area contributed by atoms with Crippen LogP contribution in [0.25, 0.3) is 0 Å². The second kappa shape index (κ2) is 10.1. The monoisotopic (exact) mass is 289 g/mol. The van der Waals surface area contributed by atoms with E-state index in [1.807, 2.05) is 0 Å². The molecule has 0 aromatic heterocycles. The van der Waals surface area contributed by atoms with Crippen LogP contribution >= 0.6 is 11.8 Å². The Hall–Kier alpha value is -0.710. The molecule has 0 heterocycles. The minimum Gasteiger partial charge on any atom is -0.550 e. The highest BCUT2D eigenvalue weighted by Gasteiger charge is 2.18. The van der Waals surface area contributed by atoms with Crippen molar-refractivity contribution in [3.05, 3.63) is 0 Å². The molecule has 1 atom stereocenters. The van der Waals surface area contributed by atoms with Crippen LogP contribution in [-0.4, -0.2) is 23.6 Å². The van der Waals surface area contributed by atoms with Crippen molar-refractivity contribution in [2.45, 2.75) is 64.7 Å². The first kappa shape index (κ1) is 18.3. The molecule has 19 heavy (non-hydrogen) atoms. The van der Waals surface area contributed by atoms with Gasteiger partial charge in [-0.2, -0.15) is 0 Å². The fourth-order valence-corrected chi connectivity index (χ4v) is 2.83. The number of carboxylic acid groups (broad SMARTS) is 1. The van der Waals surface area contributed by atoms with Crippen LogP contribution < -0.4 is 5.11 Å². The number of thioether (sulfide) groups is 1. The van der Waals surface area contributed by atoms with Crippen LogP contribution in [0.15, 0.2) is 0 Å². The van der Waals surface area contributed by atoms with Crippen molar-refractivity contribution in [3.8, 4) is 0 Å². The fraction of sp³-hybridized carbons (Fsp3) is 0.857.